The van der Waals surface area contributed by atoms with E-state index in [9.17, 15) is 4.79 Å². The maximum atomic E-state index is 11.8. The van der Waals surface area contributed by atoms with Gasteiger partial charge in [-0.15, -0.1) is 0 Å². The van der Waals surface area contributed by atoms with Gasteiger partial charge in [-0.1, -0.05) is 59.3 Å². The molecule has 1 fully saturated rings. The highest BCUT2D eigenvalue weighted by atomic mass is 35.5. The lowest BCUT2D eigenvalue weighted by Crippen LogP contribution is -2.22. The Kier molecular flexibility index (Phi) is 7.18. The number of ether oxygens (including phenoxy) is 2. The van der Waals surface area contributed by atoms with Crippen LogP contribution in [0.25, 0.3) is 0 Å². The third kappa shape index (κ3) is 5.17. The Bertz CT molecular complexity index is 904. The molecule has 0 aromatic heterocycles. The predicted octanol–water partition coefficient (Wildman–Crippen LogP) is 5.17. The van der Waals surface area contributed by atoms with Crippen LogP contribution in [-0.4, -0.2) is 33.8 Å². The number of hydrogen-bond donors (Lipinski definition) is 0. The number of rotatable bonds is 7. The minimum Gasteiger partial charge on any atom is -0.490 e. The number of benzene rings is 2. The van der Waals surface area contributed by atoms with E-state index in [2.05, 4.69) is 5.10 Å². The minimum absolute atomic E-state index is 0.148. The smallest absolute Gasteiger partial charge is 0.259 e. The second kappa shape index (κ2) is 9.60. The molecule has 0 unspecified atom stereocenters. The van der Waals surface area contributed by atoms with Crippen LogP contribution < -0.4 is 9.47 Å². The van der Waals surface area contributed by atoms with Gasteiger partial charge in [0.05, 0.1) is 23.6 Å². The van der Waals surface area contributed by atoms with Crippen LogP contribution in [0.3, 0.4) is 0 Å². The van der Waals surface area contributed by atoms with Crippen LogP contribution in [0.1, 0.15) is 18.1 Å². The molecule has 1 saturated heterocycles. The standard InChI is InChI=1S/C19H16Cl2N2O3S2/c1-2-25-16-8-13(9-22-23-17(24)11-28-19(23)27)7-15(21)18(16)26-10-12-3-5-14(20)6-4-12/h3-9H,2,10-11H2,1H3/b22-9+. The predicted molar refractivity (Wildman–Crippen MR) is 118 cm³/mol. The van der Waals surface area contributed by atoms with E-state index in [4.69, 9.17) is 44.9 Å². The Hall–Kier alpha value is -1.80. The van der Waals surface area contributed by atoms with Gasteiger partial charge < -0.3 is 9.47 Å². The Balaban J connectivity index is 1.80. The second-order valence-electron chi connectivity index (χ2n) is 5.68. The van der Waals surface area contributed by atoms with Gasteiger partial charge in [0.25, 0.3) is 5.91 Å². The molecule has 2 aromatic carbocycles. The Labute approximate surface area is 182 Å². The van der Waals surface area contributed by atoms with Crippen LogP contribution in [0.4, 0.5) is 0 Å². The molecule has 2 aromatic rings. The quantitative estimate of drug-likeness (QED) is 0.426. The average molecular weight is 455 g/mol. The molecule has 0 radical (unpaired) electrons. The van der Waals surface area contributed by atoms with Crippen LogP contribution in [0.2, 0.25) is 10.0 Å². The summed E-state index contributed by atoms with van der Waals surface area (Å²) in [6.45, 7) is 2.63. The first kappa shape index (κ1) is 20.9. The topological polar surface area (TPSA) is 51.1 Å². The zero-order valence-corrected chi connectivity index (χ0v) is 18.0. The van der Waals surface area contributed by atoms with Gasteiger partial charge in [-0.3, -0.25) is 4.79 Å². The van der Waals surface area contributed by atoms with Gasteiger partial charge >= 0.3 is 0 Å². The van der Waals surface area contributed by atoms with E-state index >= 15 is 0 Å². The maximum Gasteiger partial charge on any atom is 0.259 e. The van der Waals surface area contributed by atoms with Crippen LogP contribution >= 0.6 is 47.2 Å². The van der Waals surface area contributed by atoms with Crippen LogP contribution in [0.5, 0.6) is 11.5 Å². The number of hydrogen-bond acceptors (Lipinski definition) is 6. The molecule has 9 heteroatoms. The summed E-state index contributed by atoms with van der Waals surface area (Å²) < 4.78 is 12.0. The van der Waals surface area contributed by atoms with E-state index in [0.29, 0.717) is 50.4 Å². The van der Waals surface area contributed by atoms with Crippen molar-refractivity contribution in [2.75, 3.05) is 12.4 Å². The zero-order chi connectivity index (χ0) is 20.1. The molecule has 0 N–H and O–H groups in total. The molecule has 28 heavy (non-hydrogen) atoms. The highest BCUT2D eigenvalue weighted by Gasteiger charge is 2.26. The van der Waals surface area contributed by atoms with Crippen molar-refractivity contribution in [2.45, 2.75) is 13.5 Å². The summed E-state index contributed by atoms with van der Waals surface area (Å²) in [7, 11) is 0. The van der Waals surface area contributed by atoms with E-state index in [1.54, 1.807) is 24.3 Å². The number of carbonyl (C=O) groups is 1. The van der Waals surface area contributed by atoms with E-state index in [0.717, 1.165) is 5.56 Å². The number of hydrazone groups is 1. The summed E-state index contributed by atoms with van der Waals surface area (Å²) in [6, 6.07) is 10.8. The molecule has 1 amide bonds. The molecule has 0 saturated carbocycles. The normalized spacial score (nSPS) is 14.2. The highest BCUT2D eigenvalue weighted by molar-refractivity contribution is 8.23. The summed E-state index contributed by atoms with van der Waals surface area (Å²) in [5.74, 6) is 1.10. The molecule has 3 rings (SSSR count). The van der Waals surface area contributed by atoms with Crippen LogP contribution in [0.15, 0.2) is 41.5 Å². The van der Waals surface area contributed by atoms with E-state index in [-0.39, 0.29) is 5.91 Å². The first-order chi connectivity index (χ1) is 13.5. The van der Waals surface area contributed by atoms with Crippen molar-refractivity contribution in [3.8, 4) is 11.5 Å². The summed E-state index contributed by atoms with van der Waals surface area (Å²) in [4.78, 5) is 11.8. The molecular weight excluding hydrogens is 439 g/mol. The van der Waals surface area contributed by atoms with Crippen LogP contribution in [-0.2, 0) is 11.4 Å². The Morgan fingerprint density at radius 3 is 2.64 bits per heavy atom. The van der Waals surface area contributed by atoms with Crippen molar-refractivity contribution >= 4 is 63.6 Å². The Morgan fingerprint density at radius 2 is 2.00 bits per heavy atom. The monoisotopic (exact) mass is 454 g/mol. The van der Waals surface area contributed by atoms with E-state index < -0.39 is 0 Å². The van der Waals surface area contributed by atoms with Crippen molar-refractivity contribution in [1.82, 2.24) is 5.01 Å². The fraction of sp³-hybridized carbons (Fsp3) is 0.211. The third-order valence-corrected chi connectivity index (χ3v) is 5.55. The minimum atomic E-state index is -0.148. The lowest BCUT2D eigenvalue weighted by molar-refractivity contribution is -0.123. The van der Waals surface area contributed by atoms with Gasteiger partial charge in [0.2, 0.25) is 0 Å². The van der Waals surface area contributed by atoms with Gasteiger partial charge in [0.1, 0.15) is 6.61 Å². The fourth-order valence-corrected chi connectivity index (χ4v) is 3.75. The lowest BCUT2D eigenvalue weighted by atomic mass is 10.2. The molecule has 0 aliphatic carbocycles. The van der Waals surface area contributed by atoms with Crippen molar-refractivity contribution in [1.29, 1.82) is 0 Å². The largest absolute Gasteiger partial charge is 0.490 e. The average Bonchev–Trinajstić information content (AvgIpc) is 2.99. The SMILES string of the molecule is CCOc1cc(/C=N/N2C(=O)CSC2=S)cc(Cl)c1OCc1ccc(Cl)cc1. The van der Waals surface area contributed by atoms with Gasteiger partial charge in [-0.25, -0.2) is 0 Å². The van der Waals surface area contributed by atoms with E-state index in [1.807, 2.05) is 19.1 Å². The molecule has 0 atom stereocenters. The van der Waals surface area contributed by atoms with Crippen molar-refractivity contribution in [3.05, 3.63) is 57.6 Å². The first-order valence-electron chi connectivity index (χ1n) is 8.35. The Morgan fingerprint density at radius 1 is 1.25 bits per heavy atom. The van der Waals surface area contributed by atoms with Gasteiger partial charge in [0.15, 0.2) is 15.8 Å². The van der Waals surface area contributed by atoms with Crippen molar-refractivity contribution in [2.24, 2.45) is 5.10 Å². The van der Waals surface area contributed by atoms with Gasteiger partial charge in [-0.05, 0) is 42.3 Å². The number of halogens is 2. The van der Waals surface area contributed by atoms with Gasteiger partial charge in [0, 0.05) is 5.02 Å². The second-order valence-corrected chi connectivity index (χ2v) is 8.14. The summed E-state index contributed by atoms with van der Waals surface area (Å²) in [6.07, 6.45) is 1.52. The molecule has 5 nitrogen and oxygen atoms in total. The van der Waals surface area contributed by atoms with Crippen molar-refractivity contribution in [3.63, 3.8) is 0 Å². The number of carbonyl (C=O) groups excluding carboxylic acids is 1. The third-order valence-electron chi connectivity index (χ3n) is 3.68. The molecule has 1 aliphatic heterocycles. The molecule has 0 spiro atoms. The lowest BCUT2D eigenvalue weighted by Gasteiger charge is -2.15. The number of thioether (sulfide) groups is 1. The molecule has 0 bridgehead atoms. The maximum absolute atomic E-state index is 11.8. The first-order valence-corrected chi connectivity index (χ1v) is 10.5. The zero-order valence-electron chi connectivity index (χ0n) is 14.9. The highest BCUT2D eigenvalue weighted by Crippen LogP contribution is 2.37. The van der Waals surface area contributed by atoms with E-state index in [1.165, 1.54) is 23.0 Å². The summed E-state index contributed by atoms with van der Waals surface area (Å²) in [5, 5.41) is 6.41. The summed E-state index contributed by atoms with van der Waals surface area (Å²) >= 11 is 18.7. The number of amides is 1. The van der Waals surface area contributed by atoms with Crippen LogP contribution in [0, 0.1) is 0 Å². The number of nitrogens with zero attached hydrogens (tertiary/aromatic N) is 2. The number of thiocarbonyl (C=S) groups is 1. The summed E-state index contributed by atoms with van der Waals surface area (Å²) in [5.41, 5.74) is 1.62. The van der Waals surface area contributed by atoms with Crippen molar-refractivity contribution < 1.29 is 14.3 Å². The fourth-order valence-electron chi connectivity index (χ4n) is 2.39. The molecule has 1 aliphatic rings. The van der Waals surface area contributed by atoms with Gasteiger partial charge in [-0.2, -0.15) is 10.1 Å². The molecular formula is C19H16Cl2N2O3S2. The molecule has 146 valence electrons. The molecule has 1 heterocycles.